The van der Waals surface area contributed by atoms with Crippen molar-refractivity contribution in [2.24, 2.45) is 0 Å². The summed E-state index contributed by atoms with van der Waals surface area (Å²) in [6.07, 6.45) is 0. The van der Waals surface area contributed by atoms with Crippen LogP contribution in [0.1, 0.15) is 11.1 Å². The van der Waals surface area contributed by atoms with Gasteiger partial charge in [-0.15, -0.1) is 5.10 Å². The summed E-state index contributed by atoms with van der Waals surface area (Å²) in [6, 6.07) is 9.72. The second-order valence-corrected chi connectivity index (χ2v) is 7.22. The van der Waals surface area contributed by atoms with Gasteiger partial charge in [0.15, 0.2) is 0 Å². The van der Waals surface area contributed by atoms with Crippen LogP contribution in [0.3, 0.4) is 0 Å². The van der Waals surface area contributed by atoms with Crippen LogP contribution in [0.25, 0.3) is 5.69 Å². The van der Waals surface area contributed by atoms with Crippen molar-refractivity contribution in [1.82, 2.24) is 20.2 Å². The zero-order chi connectivity index (χ0) is 20.3. The Labute approximate surface area is 169 Å². The molecule has 144 valence electrons. The van der Waals surface area contributed by atoms with Gasteiger partial charge in [-0.1, -0.05) is 41.6 Å². The van der Waals surface area contributed by atoms with E-state index in [-0.39, 0.29) is 22.4 Å². The number of amides is 1. The minimum absolute atomic E-state index is 0.0403. The van der Waals surface area contributed by atoms with Crippen LogP contribution in [0, 0.1) is 24.0 Å². The van der Waals surface area contributed by atoms with Crippen molar-refractivity contribution in [1.29, 1.82) is 0 Å². The van der Waals surface area contributed by atoms with Crippen molar-refractivity contribution in [2.45, 2.75) is 19.0 Å². The van der Waals surface area contributed by atoms with Gasteiger partial charge in [0.1, 0.15) is 0 Å². The Balaban J connectivity index is 1.70. The molecule has 0 radical (unpaired) electrons. The topological polar surface area (TPSA) is 116 Å². The molecular weight excluding hydrogens is 404 g/mol. The molecule has 1 heterocycles. The first-order chi connectivity index (χ1) is 13.4. The number of nitro benzene ring substituents is 1. The van der Waals surface area contributed by atoms with E-state index in [1.807, 2.05) is 32.0 Å². The van der Waals surface area contributed by atoms with Crippen LogP contribution in [0.4, 0.5) is 11.4 Å². The average Bonchev–Trinajstić information content (AvgIpc) is 3.09. The number of aromatic nitrogens is 4. The fourth-order valence-corrected chi connectivity index (χ4v) is 3.48. The van der Waals surface area contributed by atoms with Crippen LogP contribution in [0.2, 0.25) is 5.02 Å². The molecule has 0 atom stereocenters. The van der Waals surface area contributed by atoms with Gasteiger partial charge in [-0.3, -0.25) is 14.9 Å². The second-order valence-electron chi connectivity index (χ2n) is 5.87. The molecule has 0 spiro atoms. The molecule has 0 aliphatic heterocycles. The maximum atomic E-state index is 12.3. The Bertz CT molecular complexity index is 1030. The molecule has 3 rings (SSSR count). The van der Waals surface area contributed by atoms with E-state index < -0.39 is 4.92 Å². The molecule has 0 unspecified atom stereocenters. The number of rotatable bonds is 6. The summed E-state index contributed by atoms with van der Waals surface area (Å²) < 4.78 is 1.60. The maximum absolute atomic E-state index is 12.3. The second kappa shape index (κ2) is 8.36. The van der Waals surface area contributed by atoms with Gasteiger partial charge >= 0.3 is 0 Å². The summed E-state index contributed by atoms with van der Waals surface area (Å²) >= 11 is 7.17. The van der Waals surface area contributed by atoms with Gasteiger partial charge in [0, 0.05) is 12.1 Å². The van der Waals surface area contributed by atoms with E-state index in [0.29, 0.717) is 10.8 Å². The van der Waals surface area contributed by atoms with Crippen molar-refractivity contribution in [3.05, 3.63) is 62.7 Å². The van der Waals surface area contributed by atoms with Crippen molar-refractivity contribution < 1.29 is 9.72 Å². The van der Waals surface area contributed by atoms with E-state index in [4.69, 9.17) is 11.6 Å². The van der Waals surface area contributed by atoms with Gasteiger partial charge in [0.05, 0.1) is 27.1 Å². The van der Waals surface area contributed by atoms with E-state index in [2.05, 4.69) is 20.8 Å². The molecule has 1 aromatic heterocycles. The summed E-state index contributed by atoms with van der Waals surface area (Å²) in [5, 5.41) is 25.7. The first-order valence-corrected chi connectivity index (χ1v) is 9.44. The molecular formula is C17H15ClN6O3S. The summed E-state index contributed by atoms with van der Waals surface area (Å²) in [5.41, 5.74) is 3.04. The zero-order valence-electron chi connectivity index (χ0n) is 14.9. The summed E-state index contributed by atoms with van der Waals surface area (Å²) in [4.78, 5) is 22.5. The van der Waals surface area contributed by atoms with Gasteiger partial charge in [-0.2, -0.15) is 4.68 Å². The molecule has 1 amide bonds. The van der Waals surface area contributed by atoms with Crippen molar-refractivity contribution in [3.63, 3.8) is 0 Å². The molecule has 11 heteroatoms. The highest BCUT2D eigenvalue weighted by molar-refractivity contribution is 7.99. The summed E-state index contributed by atoms with van der Waals surface area (Å²) in [5.74, 6) is -0.296. The minimum Gasteiger partial charge on any atom is -0.324 e. The minimum atomic E-state index is -0.555. The lowest BCUT2D eigenvalue weighted by molar-refractivity contribution is -0.384. The number of carbonyl (C=O) groups is 1. The Hall–Kier alpha value is -2.98. The monoisotopic (exact) mass is 418 g/mol. The van der Waals surface area contributed by atoms with E-state index in [1.165, 1.54) is 30.0 Å². The van der Waals surface area contributed by atoms with Crippen molar-refractivity contribution >= 4 is 40.6 Å². The number of hydrogen-bond acceptors (Lipinski definition) is 7. The van der Waals surface area contributed by atoms with Gasteiger partial charge < -0.3 is 5.32 Å². The Morgan fingerprint density at radius 2 is 2.00 bits per heavy atom. The molecule has 0 aliphatic carbocycles. The van der Waals surface area contributed by atoms with E-state index in [9.17, 15) is 14.9 Å². The highest BCUT2D eigenvalue weighted by atomic mass is 35.5. The number of nitro groups is 1. The molecule has 0 saturated heterocycles. The van der Waals surface area contributed by atoms with Crippen LogP contribution in [0.5, 0.6) is 0 Å². The first-order valence-electron chi connectivity index (χ1n) is 8.08. The lowest BCUT2D eigenvalue weighted by Crippen LogP contribution is -2.15. The third kappa shape index (κ3) is 4.29. The van der Waals surface area contributed by atoms with Crippen LogP contribution in [-0.4, -0.2) is 36.8 Å². The number of tetrazole rings is 1. The summed E-state index contributed by atoms with van der Waals surface area (Å²) in [7, 11) is 0. The lowest BCUT2D eigenvalue weighted by atomic mass is 10.1. The maximum Gasteiger partial charge on any atom is 0.271 e. The van der Waals surface area contributed by atoms with Crippen LogP contribution in [-0.2, 0) is 4.79 Å². The fraction of sp³-hybridized carbons (Fsp3) is 0.176. The predicted octanol–water partition coefficient (Wildman–Crippen LogP) is 3.57. The van der Waals surface area contributed by atoms with Crippen LogP contribution < -0.4 is 5.32 Å². The predicted molar refractivity (Wildman–Crippen MR) is 106 cm³/mol. The number of aryl methyl sites for hydroxylation is 2. The molecule has 0 bridgehead atoms. The fourth-order valence-electron chi connectivity index (χ4n) is 2.58. The number of anilines is 1. The molecule has 28 heavy (non-hydrogen) atoms. The third-order valence-electron chi connectivity index (χ3n) is 3.86. The number of nitrogens with one attached hydrogen (secondary N) is 1. The zero-order valence-corrected chi connectivity index (χ0v) is 16.5. The number of non-ortho nitro benzene ring substituents is 1. The third-order valence-corrected chi connectivity index (χ3v) is 5.09. The van der Waals surface area contributed by atoms with E-state index in [1.54, 1.807) is 4.68 Å². The first kappa shape index (κ1) is 19.8. The number of benzene rings is 2. The van der Waals surface area contributed by atoms with E-state index >= 15 is 0 Å². The van der Waals surface area contributed by atoms with Crippen LogP contribution >= 0.6 is 23.4 Å². The van der Waals surface area contributed by atoms with Gasteiger partial charge in [-0.25, -0.2) is 0 Å². The molecule has 3 aromatic rings. The quantitative estimate of drug-likeness (QED) is 0.369. The Morgan fingerprint density at radius 1 is 1.29 bits per heavy atom. The SMILES string of the molecule is Cc1cccc(C)c1-n1nnnc1SCC(=O)Nc1ccc([N+](=O)[O-])cc1Cl. The van der Waals surface area contributed by atoms with Gasteiger partial charge in [0.25, 0.3) is 5.69 Å². The largest absolute Gasteiger partial charge is 0.324 e. The molecule has 0 fully saturated rings. The number of thioether (sulfide) groups is 1. The molecule has 2 aromatic carbocycles. The number of hydrogen-bond donors (Lipinski definition) is 1. The van der Waals surface area contributed by atoms with Crippen molar-refractivity contribution in [3.8, 4) is 5.69 Å². The number of carbonyl (C=O) groups excluding carboxylic acids is 1. The summed E-state index contributed by atoms with van der Waals surface area (Å²) in [6.45, 7) is 3.92. The number of halogens is 1. The molecule has 1 N–H and O–H groups in total. The highest BCUT2D eigenvalue weighted by Gasteiger charge is 2.16. The standard InChI is InChI=1S/C17H15ClN6O3S/c1-10-4-3-5-11(2)16(10)23-17(20-21-22-23)28-9-15(25)19-14-7-6-12(24(26)27)8-13(14)18/h3-8H,9H2,1-2H3,(H,19,25). The molecule has 0 aliphatic rings. The number of nitrogens with zero attached hydrogens (tertiary/aromatic N) is 5. The number of para-hydroxylation sites is 1. The average molecular weight is 419 g/mol. The lowest BCUT2D eigenvalue weighted by Gasteiger charge is -2.10. The van der Waals surface area contributed by atoms with E-state index in [0.717, 1.165) is 16.8 Å². The van der Waals surface area contributed by atoms with Gasteiger partial charge in [-0.05, 0) is 41.5 Å². The Morgan fingerprint density at radius 3 is 2.64 bits per heavy atom. The molecule has 0 saturated carbocycles. The Kier molecular flexibility index (Phi) is 5.90. The smallest absolute Gasteiger partial charge is 0.271 e. The highest BCUT2D eigenvalue weighted by Crippen LogP contribution is 2.27. The molecule has 9 nitrogen and oxygen atoms in total. The normalized spacial score (nSPS) is 10.7. The van der Waals surface area contributed by atoms with Crippen molar-refractivity contribution in [2.75, 3.05) is 11.1 Å². The van der Waals surface area contributed by atoms with Gasteiger partial charge in [0.2, 0.25) is 11.1 Å². The van der Waals surface area contributed by atoms with Crippen LogP contribution in [0.15, 0.2) is 41.6 Å².